The molecule has 128 valence electrons. The number of ketones is 1. The van der Waals surface area contributed by atoms with Gasteiger partial charge in [0, 0.05) is 50.2 Å². The highest BCUT2D eigenvalue weighted by atomic mass is 16.1. The van der Waals surface area contributed by atoms with Gasteiger partial charge < -0.3 is 9.91 Å². The Bertz CT molecular complexity index is 650. The van der Waals surface area contributed by atoms with Gasteiger partial charge in [0.2, 0.25) is 0 Å². The molecule has 0 radical (unpaired) electrons. The van der Waals surface area contributed by atoms with Crippen LogP contribution in [0.4, 0.5) is 5.69 Å². The first-order valence-corrected chi connectivity index (χ1v) is 8.55. The molecule has 0 heterocycles. The fourth-order valence-corrected chi connectivity index (χ4v) is 2.83. The van der Waals surface area contributed by atoms with Crippen molar-refractivity contribution in [2.45, 2.75) is 26.7 Å². The molecule has 0 atom stereocenters. The molecule has 1 aromatic carbocycles. The average Bonchev–Trinajstić information content (AvgIpc) is 2.90. The van der Waals surface area contributed by atoms with Crippen molar-refractivity contribution in [1.29, 1.82) is 0 Å². The Morgan fingerprint density at radius 1 is 1.04 bits per heavy atom. The summed E-state index contributed by atoms with van der Waals surface area (Å²) < 4.78 is 0. The van der Waals surface area contributed by atoms with E-state index in [2.05, 4.69) is 48.1 Å². The minimum Gasteiger partial charge on any atom is -0.372 e. The second-order valence-corrected chi connectivity index (χ2v) is 6.07. The van der Waals surface area contributed by atoms with Gasteiger partial charge in [0.25, 0.3) is 0 Å². The molecule has 0 N–H and O–H groups in total. The van der Waals surface area contributed by atoms with Gasteiger partial charge >= 0.3 is 0 Å². The Labute approximate surface area is 145 Å². The van der Waals surface area contributed by atoms with Crippen molar-refractivity contribution in [3.63, 3.8) is 0 Å². The Morgan fingerprint density at radius 2 is 1.67 bits per heavy atom. The van der Waals surface area contributed by atoms with Crippen molar-refractivity contribution < 1.29 is 4.79 Å². The van der Waals surface area contributed by atoms with Crippen molar-refractivity contribution >= 4 is 23.8 Å². The smallest absolute Gasteiger partial charge is 0.185 e. The molecule has 0 amide bonds. The first-order chi connectivity index (χ1) is 11.5. The summed E-state index contributed by atoms with van der Waals surface area (Å²) in [5.74, 6) is 0.146. The van der Waals surface area contributed by atoms with Gasteiger partial charge in [-0.2, -0.15) is 5.10 Å². The Balaban J connectivity index is 2.10. The summed E-state index contributed by atoms with van der Waals surface area (Å²) in [5, 5.41) is 5.84. The van der Waals surface area contributed by atoms with Crippen LogP contribution in [0, 0.1) is 0 Å². The molecular weight excluding hydrogens is 298 g/mol. The molecule has 1 fully saturated rings. The standard InChI is InChI=1S/C20H27N3O/c1-5-23(6-2)19-11-7-16(8-12-19)15-18-10-9-17(20(18)24)13-14-21-22(3)4/h7-8,11-15H,5-6,9-10H2,1-4H3/b17-13+,18-15+,21-14-. The van der Waals surface area contributed by atoms with E-state index in [1.165, 1.54) is 5.69 Å². The maximum Gasteiger partial charge on any atom is 0.185 e. The molecule has 0 spiro atoms. The van der Waals surface area contributed by atoms with Gasteiger partial charge in [-0.15, -0.1) is 0 Å². The molecule has 0 aliphatic heterocycles. The highest BCUT2D eigenvalue weighted by Crippen LogP contribution is 2.28. The molecule has 24 heavy (non-hydrogen) atoms. The van der Waals surface area contributed by atoms with Gasteiger partial charge in [-0.3, -0.25) is 4.79 Å². The Hall–Kier alpha value is -2.36. The lowest BCUT2D eigenvalue weighted by molar-refractivity contribution is -0.111. The predicted octanol–water partition coefficient (Wildman–Crippen LogP) is 3.75. The molecule has 0 bridgehead atoms. The first kappa shape index (κ1) is 18.0. The third-order valence-electron chi connectivity index (χ3n) is 4.18. The molecule has 1 aliphatic rings. The maximum atomic E-state index is 12.4. The summed E-state index contributed by atoms with van der Waals surface area (Å²) in [7, 11) is 3.72. The van der Waals surface area contributed by atoms with Gasteiger partial charge in [0.05, 0.1) is 0 Å². The molecule has 0 aromatic heterocycles. The molecule has 0 unspecified atom stereocenters. The number of anilines is 1. The van der Waals surface area contributed by atoms with Crippen LogP contribution in [0.25, 0.3) is 6.08 Å². The number of hydrazone groups is 1. The lowest BCUT2D eigenvalue weighted by atomic mass is 10.1. The lowest BCUT2D eigenvalue weighted by Crippen LogP contribution is -2.21. The summed E-state index contributed by atoms with van der Waals surface area (Å²) in [6, 6.07) is 8.42. The largest absolute Gasteiger partial charge is 0.372 e. The van der Waals surface area contributed by atoms with Crippen LogP contribution in [0.2, 0.25) is 0 Å². The van der Waals surface area contributed by atoms with Crippen molar-refractivity contribution in [1.82, 2.24) is 5.01 Å². The predicted molar refractivity (Wildman–Crippen MR) is 102 cm³/mol. The second-order valence-electron chi connectivity index (χ2n) is 6.07. The van der Waals surface area contributed by atoms with Gasteiger partial charge in [0.1, 0.15) is 0 Å². The van der Waals surface area contributed by atoms with E-state index in [0.29, 0.717) is 0 Å². The average molecular weight is 325 g/mol. The van der Waals surface area contributed by atoms with E-state index in [-0.39, 0.29) is 5.78 Å². The lowest BCUT2D eigenvalue weighted by Gasteiger charge is -2.20. The Kier molecular flexibility index (Phi) is 6.36. The van der Waals surface area contributed by atoms with Gasteiger partial charge in [-0.05, 0) is 56.5 Å². The summed E-state index contributed by atoms with van der Waals surface area (Å²) in [4.78, 5) is 14.7. The minimum atomic E-state index is 0.146. The molecule has 1 saturated carbocycles. The fourth-order valence-electron chi connectivity index (χ4n) is 2.83. The van der Waals surface area contributed by atoms with E-state index in [1.54, 1.807) is 11.2 Å². The normalized spacial score (nSPS) is 18.1. The van der Waals surface area contributed by atoms with Crippen LogP contribution < -0.4 is 4.90 Å². The topological polar surface area (TPSA) is 35.9 Å². The summed E-state index contributed by atoms with van der Waals surface area (Å²) in [6.07, 6.45) is 7.12. The van der Waals surface area contributed by atoms with Crippen LogP contribution in [-0.2, 0) is 4.79 Å². The van der Waals surface area contributed by atoms with Crippen LogP contribution in [0.5, 0.6) is 0 Å². The number of carbonyl (C=O) groups is 1. The highest BCUT2D eigenvalue weighted by molar-refractivity contribution is 6.14. The van der Waals surface area contributed by atoms with Crippen molar-refractivity contribution in [3.05, 3.63) is 47.1 Å². The van der Waals surface area contributed by atoms with Crippen molar-refractivity contribution in [2.24, 2.45) is 5.10 Å². The Morgan fingerprint density at radius 3 is 2.25 bits per heavy atom. The quantitative estimate of drug-likeness (QED) is 0.454. The number of allylic oxidation sites excluding steroid dienone is 3. The van der Waals surface area contributed by atoms with Crippen LogP contribution in [0.3, 0.4) is 0 Å². The zero-order chi connectivity index (χ0) is 17.5. The second kappa shape index (κ2) is 8.48. The molecule has 4 heteroatoms. The van der Waals surface area contributed by atoms with E-state index < -0.39 is 0 Å². The molecule has 1 aromatic rings. The number of hydrogen-bond acceptors (Lipinski definition) is 4. The number of Topliss-reactive ketones (excluding diaryl/α,β-unsaturated/α-hetero) is 1. The zero-order valence-electron chi connectivity index (χ0n) is 15.1. The molecule has 0 saturated heterocycles. The molecule has 2 rings (SSSR count). The number of nitrogens with zero attached hydrogens (tertiary/aromatic N) is 3. The SMILES string of the molecule is CCN(CC)c1ccc(/C=C2\CC/C(=C\C=N/N(C)C)C2=O)cc1. The first-order valence-electron chi connectivity index (χ1n) is 8.55. The molecule has 1 aliphatic carbocycles. The number of carbonyl (C=O) groups excluding carboxylic acids is 1. The van der Waals surface area contributed by atoms with Gasteiger partial charge in [0.15, 0.2) is 5.78 Å². The number of rotatable bonds is 6. The monoisotopic (exact) mass is 325 g/mol. The summed E-state index contributed by atoms with van der Waals surface area (Å²) in [6.45, 7) is 6.31. The van der Waals surface area contributed by atoms with Crippen LogP contribution >= 0.6 is 0 Å². The van der Waals surface area contributed by atoms with Crippen molar-refractivity contribution in [2.75, 3.05) is 32.1 Å². The van der Waals surface area contributed by atoms with E-state index in [9.17, 15) is 4.79 Å². The van der Waals surface area contributed by atoms with Crippen molar-refractivity contribution in [3.8, 4) is 0 Å². The third kappa shape index (κ3) is 4.57. The highest BCUT2D eigenvalue weighted by Gasteiger charge is 2.22. The van der Waals surface area contributed by atoms with Crippen LogP contribution in [0.1, 0.15) is 32.3 Å². The van der Waals surface area contributed by atoms with E-state index in [1.807, 2.05) is 26.2 Å². The number of benzene rings is 1. The minimum absolute atomic E-state index is 0.146. The summed E-state index contributed by atoms with van der Waals surface area (Å²) >= 11 is 0. The third-order valence-corrected chi connectivity index (χ3v) is 4.18. The fraction of sp³-hybridized carbons (Fsp3) is 0.400. The van der Waals surface area contributed by atoms with Gasteiger partial charge in [-0.1, -0.05) is 12.1 Å². The zero-order valence-corrected chi connectivity index (χ0v) is 15.1. The number of hydrogen-bond donors (Lipinski definition) is 0. The molecular formula is C20H27N3O. The van der Waals surface area contributed by atoms with Crippen LogP contribution in [0.15, 0.2) is 46.6 Å². The molecule has 4 nitrogen and oxygen atoms in total. The summed E-state index contributed by atoms with van der Waals surface area (Å²) in [5.41, 5.74) is 4.03. The van der Waals surface area contributed by atoms with E-state index in [4.69, 9.17) is 0 Å². The van der Waals surface area contributed by atoms with Gasteiger partial charge in [-0.25, -0.2) is 0 Å². The maximum absolute atomic E-state index is 12.4. The van der Waals surface area contributed by atoms with E-state index >= 15 is 0 Å². The van der Waals surface area contributed by atoms with Crippen LogP contribution in [-0.4, -0.2) is 44.2 Å². The van der Waals surface area contributed by atoms with E-state index in [0.717, 1.165) is 42.6 Å².